The largest absolute Gasteiger partial charge is 0.457 e. The van der Waals surface area contributed by atoms with Crippen molar-refractivity contribution in [3.05, 3.63) is 23.8 Å². The number of ether oxygens (including phenoxy) is 3. The van der Waals surface area contributed by atoms with E-state index in [4.69, 9.17) is 14.2 Å². The van der Waals surface area contributed by atoms with Crippen molar-refractivity contribution in [1.82, 2.24) is 0 Å². The van der Waals surface area contributed by atoms with E-state index >= 15 is 0 Å². The van der Waals surface area contributed by atoms with E-state index in [1.54, 1.807) is 0 Å². The number of rotatable bonds is 4. The predicted octanol–water partition coefficient (Wildman–Crippen LogP) is 0.519. The molecule has 20 heavy (non-hydrogen) atoms. The van der Waals surface area contributed by atoms with Gasteiger partial charge in [-0.05, 0) is 18.9 Å². The van der Waals surface area contributed by atoms with Gasteiger partial charge in [-0.1, -0.05) is 12.7 Å². The Hall–Kier alpha value is -2.11. The van der Waals surface area contributed by atoms with Crippen LogP contribution in [0, 0.1) is 11.8 Å². The number of carbonyl (C=O) groups excluding carboxylic acids is 3. The third-order valence-corrected chi connectivity index (χ3v) is 3.86. The Labute approximate surface area is 115 Å². The molecule has 2 aliphatic carbocycles. The zero-order chi connectivity index (χ0) is 14.4. The number of fused-ring (bicyclic) bond motifs is 1. The highest BCUT2D eigenvalue weighted by atomic mass is 16.6. The maximum Gasteiger partial charge on any atom is 0.345 e. The highest BCUT2D eigenvalue weighted by Crippen LogP contribution is 2.51. The van der Waals surface area contributed by atoms with Crippen molar-refractivity contribution in [3.8, 4) is 0 Å². The van der Waals surface area contributed by atoms with Gasteiger partial charge in [0.2, 0.25) is 0 Å². The highest BCUT2D eigenvalue weighted by molar-refractivity contribution is 5.88. The Morgan fingerprint density at radius 2 is 2.25 bits per heavy atom. The topological polar surface area (TPSA) is 78.9 Å². The number of hydrogen-bond donors (Lipinski definition) is 0. The summed E-state index contributed by atoms with van der Waals surface area (Å²) < 4.78 is 15.2. The molecule has 0 radical (unpaired) electrons. The van der Waals surface area contributed by atoms with E-state index in [-0.39, 0.29) is 29.5 Å². The minimum absolute atomic E-state index is 0.0910. The molecule has 0 spiro atoms. The smallest absolute Gasteiger partial charge is 0.345 e. The molecule has 1 saturated carbocycles. The van der Waals surface area contributed by atoms with Crippen LogP contribution in [0.2, 0.25) is 0 Å². The van der Waals surface area contributed by atoms with Gasteiger partial charge >= 0.3 is 17.9 Å². The summed E-state index contributed by atoms with van der Waals surface area (Å²) in [6, 6.07) is 0. The zero-order valence-electron chi connectivity index (χ0n) is 11.0. The minimum atomic E-state index is -0.655. The molecule has 3 rings (SSSR count). The SMILES string of the molecule is C=C(C)C(=O)OCC(=O)OC1C2=CC3C(=O)OC1C3C2. The summed E-state index contributed by atoms with van der Waals surface area (Å²) >= 11 is 0. The fourth-order valence-electron chi connectivity index (χ4n) is 2.96. The highest BCUT2D eigenvalue weighted by Gasteiger charge is 2.59. The van der Waals surface area contributed by atoms with Gasteiger partial charge in [0.15, 0.2) is 12.7 Å². The Balaban J connectivity index is 1.57. The van der Waals surface area contributed by atoms with Gasteiger partial charge in [-0.15, -0.1) is 0 Å². The summed E-state index contributed by atoms with van der Waals surface area (Å²) in [4.78, 5) is 34.4. The fourth-order valence-corrected chi connectivity index (χ4v) is 2.96. The molecule has 0 aromatic carbocycles. The van der Waals surface area contributed by atoms with Crippen LogP contribution in [0.5, 0.6) is 0 Å². The molecule has 1 heterocycles. The van der Waals surface area contributed by atoms with Crippen LogP contribution in [0.4, 0.5) is 0 Å². The van der Waals surface area contributed by atoms with Crippen LogP contribution < -0.4 is 0 Å². The minimum Gasteiger partial charge on any atom is -0.457 e. The maximum atomic E-state index is 11.7. The van der Waals surface area contributed by atoms with E-state index in [1.807, 2.05) is 6.08 Å². The Bertz CT molecular complexity index is 546. The lowest BCUT2D eigenvalue weighted by Crippen LogP contribution is -2.33. The molecule has 2 fully saturated rings. The second kappa shape index (κ2) is 4.47. The van der Waals surface area contributed by atoms with Gasteiger partial charge in [-0.25, -0.2) is 9.59 Å². The van der Waals surface area contributed by atoms with E-state index in [9.17, 15) is 14.4 Å². The monoisotopic (exact) mass is 278 g/mol. The number of esters is 3. The van der Waals surface area contributed by atoms with Crippen molar-refractivity contribution < 1.29 is 28.6 Å². The average Bonchev–Trinajstić information content (AvgIpc) is 3.00. The molecule has 0 aromatic heterocycles. The van der Waals surface area contributed by atoms with Crippen molar-refractivity contribution in [2.45, 2.75) is 25.6 Å². The second-order valence-electron chi connectivity index (χ2n) is 5.30. The maximum absolute atomic E-state index is 11.7. The third-order valence-electron chi connectivity index (χ3n) is 3.86. The summed E-state index contributed by atoms with van der Waals surface area (Å²) in [7, 11) is 0. The lowest BCUT2D eigenvalue weighted by Gasteiger charge is -2.21. The van der Waals surface area contributed by atoms with Gasteiger partial charge in [0.25, 0.3) is 0 Å². The zero-order valence-corrected chi connectivity index (χ0v) is 11.0. The van der Waals surface area contributed by atoms with Crippen molar-refractivity contribution in [2.75, 3.05) is 6.61 Å². The van der Waals surface area contributed by atoms with Crippen LogP contribution in [0.1, 0.15) is 13.3 Å². The van der Waals surface area contributed by atoms with Gasteiger partial charge < -0.3 is 14.2 Å². The Kier molecular flexibility index (Phi) is 2.88. The van der Waals surface area contributed by atoms with Crippen LogP contribution in [-0.4, -0.2) is 36.7 Å². The molecule has 1 saturated heterocycles. The molecule has 2 bridgehead atoms. The molecule has 1 aliphatic heterocycles. The molecular weight excluding hydrogens is 264 g/mol. The van der Waals surface area contributed by atoms with Gasteiger partial charge in [-0.3, -0.25) is 4.79 Å². The molecule has 4 unspecified atom stereocenters. The Morgan fingerprint density at radius 3 is 2.95 bits per heavy atom. The normalized spacial score (nSPS) is 32.6. The molecule has 0 amide bonds. The first-order chi connectivity index (χ1) is 9.47. The van der Waals surface area contributed by atoms with Crippen molar-refractivity contribution in [3.63, 3.8) is 0 Å². The van der Waals surface area contributed by atoms with Crippen LogP contribution in [0.3, 0.4) is 0 Å². The first kappa shape index (κ1) is 12.9. The summed E-state index contributed by atoms with van der Waals surface area (Å²) in [6.45, 7) is 4.44. The fraction of sp³-hybridized carbons (Fsp3) is 0.500. The predicted molar refractivity (Wildman–Crippen MR) is 65.2 cm³/mol. The van der Waals surface area contributed by atoms with Crippen molar-refractivity contribution >= 4 is 17.9 Å². The summed E-state index contributed by atoms with van der Waals surface area (Å²) in [6.07, 6.45) is 1.64. The van der Waals surface area contributed by atoms with Gasteiger partial charge in [0, 0.05) is 11.5 Å². The van der Waals surface area contributed by atoms with E-state index in [0.29, 0.717) is 0 Å². The third kappa shape index (κ3) is 1.92. The molecule has 3 aliphatic rings. The van der Waals surface area contributed by atoms with E-state index < -0.39 is 24.6 Å². The quantitative estimate of drug-likeness (QED) is 0.323. The lowest BCUT2D eigenvalue weighted by atomic mass is 9.93. The lowest BCUT2D eigenvalue weighted by molar-refractivity contribution is -0.164. The molecule has 106 valence electrons. The van der Waals surface area contributed by atoms with Crippen molar-refractivity contribution in [1.29, 1.82) is 0 Å². The van der Waals surface area contributed by atoms with E-state index in [1.165, 1.54) is 6.92 Å². The van der Waals surface area contributed by atoms with E-state index in [0.717, 1.165) is 12.0 Å². The van der Waals surface area contributed by atoms with Gasteiger partial charge in [-0.2, -0.15) is 0 Å². The summed E-state index contributed by atoms with van der Waals surface area (Å²) in [5.74, 6) is -1.62. The number of hydrogen-bond acceptors (Lipinski definition) is 6. The first-order valence-corrected chi connectivity index (χ1v) is 6.40. The van der Waals surface area contributed by atoms with Gasteiger partial charge in [0.1, 0.15) is 6.10 Å². The molecule has 0 N–H and O–H groups in total. The van der Waals surface area contributed by atoms with Crippen LogP contribution in [0.25, 0.3) is 0 Å². The summed E-state index contributed by atoms with van der Waals surface area (Å²) in [5.41, 5.74) is 1.14. The van der Waals surface area contributed by atoms with Gasteiger partial charge in [0.05, 0.1) is 5.92 Å². The van der Waals surface area contributed by atoms with Crippen LogP contribution in [-0.2, 0) is 28.6 Å². The molecule has 4 atom stereocenters. The number of carbonyl (C=O) groups is 3. The molecule has 6 heteroatoms. The molecular formula is C14H14O6. The Morgan fingerprint density at radius 1 is 1.50 bits per heavy atom. The van der Waals surface area contributed by atoms with Crippen LogP contribution >= 0.6 is 0 Å². The molecule has 0 aromatic rings. The first-order valence-electron chi connectivity index (χ1n) is 6.40. The standard InChI is InChI=1S/C14H14O6/c1-6(2)13(16)18-5-10(15)19-11-7-3-8-9(4-7)14(17)20-12(8)11/h4,8-9,11-12H,1,3,5H2,2H3. The molecule has 6 nitrogen and oxygen atoms in total. The average molecular weight is 278 g/mol. The van der Waals surface area contributed by atoms with E-state index in [2.05, 4.69) is 6.58 Å². The van der Waals surface area contributed by atoms with Crippen molar-refractivity contribution in [2.24, 2.45) is 11.8 Å². The summed E-state index contributed by atoms with van der Waals surface area (Å²) in [5, 5.41) is 0. The second-order valence-corrected chi connectivity index (χ2v) is 5.30. The van der Waals surface area contributed by atoms with Crippen LogP contribution in [0.15, 0.2) is 23.8 Å².